The van der Waals surface area contributed by atoms with Gasteiger partial charge in [-0.2, -0.15) is 13.9 Å². The van der Waals surface area contributed by atoms with Crippen LogP contribution in [-0.4, -0.2) is 16.9 Å². The summed E-state index contributed by atoms with van der Waals surface area (Å²) in [5.74, 6) is -2.59. The van der Waals surface area contributed by atoms with Gasteiger partial charge in [-0.05, 0) is 20.8 Å². The summed E-state index contributed by atoms with van der Waals surface area (Å²) in [5.41, 5.74) is -0.649. The molecule has 0 spiro atoms. The van der Waals surface area contributed by atoms with E-state index in [4.69, 9.17) is 4.74 Å². The van der Waals surface area contributed by atoms with E-state index in [-0.39, 0.29) is 11.2 Å². The van der Waals surface area contributed by atoms with Crippen molar-refractivity contribution in [2.45, 2.75) is 39.2 Å². The van der Waals surface area contributed by atoms with E-state index in [1.54, 1.807) is 0 Å². The summed E-state index contributed by atoms with van der Waals surface area (Å²) < 4.78 is 32.6. The number of aromatic nitrogens is 2. The number of hydrogen-bond donors (Lipinski definition) is 0. The molecule has 0 radical (unpaired) electrons. The fourth-order valence-electron chi connectivity index (χ4n) is 1.20. The van der Waals surface area contributed by atoms with E-state index in [0.717, 1.165) is 6.92 Å². The lowest BCUT2D eigenvalue weighted by Gasteiger charge is -2.21. The zero-order valence-electron chi connectivity index (χ0n) is 9.64. The summed E-state index contributed by atoms with van der Waals surface area (Å²) in [6.07, 6.45) is 0. The van der Waals surface area contributed by atoms with Crippen molar-refractivity contribution in [3.05, 3.63) is 11.8 Å². The van der Waals surface area contributed by atoms with Crippen molar-refractivity contribution in [1.82, 2.24) is 9.78 Å². The summed E-state index contributed by atoms with van der Waals surface area (Å²) in [6.45, 7) is 6.45. The lowest BCUT2D eigenvalue weighted by atomic mass is 10.1. The van der Waals surface area contributed by atoms with Crippen molar-refractivity contribution < 1.29 is 13.5 Å². The molecule has 5 heteroatoms. The number of ether oxygens (including phenoxy) is 1. The summed E-state index contributed by atoms with van der Waals surface area (Å²) in [7, 11) is 1.44. The minimum atomic E-state index is -2.94. The van der Waals surface area contributed by atoms with Crippen molar-refractivity contribution >= 4 is 0 Å². The molecule has 0 bridgehead atoms. The average molecular weight is 218 g/mol. The van der Waals surface area contributed by atoms with Crippen LogP contribution < -0.4 is 4.74 Å². The Balaban J connectivity index is 3.24. The smallest absolute Gasteiger partial charge is 0.288 e. The van der Waals surface area contributed by atoms with E-state index >= 15 is 0 Å². The molecule has 0 saturated carbocycles. The third kappa shape index (κ3) is 2.46. The van der Waals surface area contributed by atoms with E-state index in [2.05, 4.69) is 5.10 Å². The van der Waals surface area contributed by atoms with E-state index in [1.807, 2.05) is 20.8 Å². The highest BCUT2D eigenvalue weighted by atomic mass is 19.3. The predicted molar refractivity (Wildman–Crippen MR) is 53.3 cm³/mol. The van der Waals surface area contributed by atoms with Crippen molar-refractivity contribution in [2.24, 2.45) is 0 Å². The molecular weight excluding hydrogens is 202 g/mol. The largest absolute Gasteiger partial charge is 0.481 e. The Labute approximate surface area is 88.0 Å². The van der Waals surface area contributed by atoms with E-state index < -0.39 is 5.92 Å². The molecule has 0 atom stereocenters. The minimum Gasteiger partial charge on any atom is -0.481 e. The Morgan fingerprint density at radius 3 is 2.07 bits per heavy atom. The fraction of sp³-hybridized carbons (Fsp3) is 0.700. The topological polar surface area (TPSA) is 27.1 Å². The Kier molecular flexibility index (Phi) is 2.76. The fourth-order valence-corrected chi connectivity index (χ4v) is 1.20. The summed E-state index contributed by atoms with van der Waals surface area (Å²) in [5, 5.41) is 3.87. The highest BCUT2D eigenvalue weighted by Gasteiger charge is 2.31. The average Bonchev–Trinajstić information content (AvgIpc) is 2.44. The molecule has 1 aromatic heterocycles. The van der Waals surface area contributed by atoms with Gasteiger partial charge in [-0.3, -0.25) is 0 Å². The van der Waals surface area contributed by atoms with E-state index in [0.29, 0.717) is 5.88 Å². The van der Waals surface area contributed by atoms with Crippen LogP contribution in [0.2, 0.25) is 0 Å². The molecule has 0 saturated heterocycles. The van der Waals surface area contributed by atoms with Crippen LogP contribution in [0.25, 0.3) is 0 Å². The summed E-state index contributed by atoms with van der Waals surface area (Å²) in [4.78, 5) is 0. The highest BCUT2D eigenvalue weighted by Crippen LogP contribution is 2.31. The third-order valence-corrected chi connectivity index (χ3v) is 1.97. The van der Waals surface area contributed by atoms with E-state index in [9.17, 15) is 8.78 Å². The van der Waals surface area contributed by atoms with Crippen LogP contribution in [-0.2, 0) is 11.5 Å². The first-order chi connectivity index (χ1) is 6.66. The van der Waals surface area contributed by atoms with Crippen molar-refractivity contribution in [1.29, 1.82) is 0 Å². The monoisotopic (exact) mass is 218 g/mol. The number of halogens is 2. The summed E-state index contributed by atoms with van der Waals surface area (Å²) in [6, 6.07) is 1.27. The lowest BCUT2D eigenvalue weighted by molar-refractivity contribution is 0.0116. The molecule has 1 heterocycles. The number of nitrogens with zero attached hydrogens (tertiary/aromatic N) is 2. The van der Waals surface area contributed by atoms with Crippen LogP contribution in [0, 0.1) is 0 Å². The van der Waals surface area contributed by atoms with Gasteiger partial charge in [0.2, 0.25) is 5.88 Å². The van der Waals surface area contributed by atoms with Gasteiger partial charge in [0.1, 0.15) is 5.69 Å². The van der Waals surface area contributed by atoms with Gasteiger partial charge < -0.3 is 4.74 Å². The second kappa shape index (κ2) is 3.47. The van der Waals surface area contributed by atoms with Crippen LogP contribution >= 0.6 is 0 Å². The quantitative estimate of drug-likeness (QED) is 0.763. The van der Waals surface area contributed by atoms with Gasteiger partial charge in [0, 0.05) is 13.0 Å². The molecule has 1 aromatic rings. The first-order valence-electron chi connectivity index (χ1n) is 4.69. The van der Waals surface area contributed by atoms with Crippen LogP contribution in [0.1, 0.15) is 33.4 Å². The highest BCUT2D eigenvalue weighted by molar-refractivity contribution is 5.20. The maximum Gasteiger partial charge on any atom is 0.288 e. The molecule has 0 unspecified atom stereocenters. The van der Waals surface area contributed by atoms with Crippen molar-refractivity contribution in [3.63, 3.8) is 0 Å². The molecule has 15 heavy (non-hydrogen) atoms. The van der Waals surface area contributed by atoms with Crippen LogP contribution in [0.3, 0.4) is 0 Å². The number of alkyl halides is 2. The molecule has 0 N–H and O–H groups in total. The van der Waals surface area contributed by atoms with Gasteiger partial charge in [0.05, 0.1) is 12.6 Å². The van der Waals surface area contributed by atoms with Gasteiger partial charge >= 0.3 is 0 Å². The Morgan fingerprint density at radius 2 is 1.80 bits per heavy atom. The van der Waals surface area contributed by atoms with Gasteiger partial charge in [-0.15, -0.1) is 0 Å². The first kappa shape index (κ1) is 11.9. The zero-order valence-corrected chi connectivity index (χ0v) is 9.64. The predicted octanol–water partition coefficient (Wildman–Crippen LogP) is 2.76. The number of methoxy groups -OCH3 is 1. The molecular formula is C10H16F2N2O. The third-order valence-electron chi connectivity index (χ3n) is 1.97. The summed E-state index contributed by atoms with van der Waals surface area (Å²) >= 11 is 0. The van der Waals surface area contributed by atoms with Gasteiger partial charge in [0.15, 0.2) is 0 Å². The van der Waals surface area contributed by atoms with Crippen molar-refractivity contribution in [3.8, 4) is 5.88 Å². The van der Waals surface area contributed by atoms with E-state index in [1.165, 1.54) is 17.9 Å². The van der Waals surface area contributed by atoms with Crippen LogP contribution in [0.15, 0.2) is 6.07 Å². The molecule has 86 valence electrons. The maximum atomic E-state index is 13.0. The lowest BCUT2D eigenvalue weighted by Crippen LogP contribution is -2.24. The molecule has 0 aliphatic carbocycles. The molecule has 0 aliphatic heterocycles. The van der Waals surface area contributed by atoms with Crippen LogP contribution in [0.4, 0.5) is 8.78 Å². The second-order valence-corrected chi connectivity index (χ2v) is 4.54. The first-order valence-corrected chi connectivity index (χ1v) is 4.69. The minimum absolute atomic E-state index is 0.269. The van der Waals surface area contributed by atoms with Crippen LogP contribution in [0.5, 0.6) is 5.88 Å². The molecule has 0 amide bonds. The second-order valence-electron chi connectivity index (χ2n) is 4.54. The van der Waals surface area contributed by atoms with Gasteiger partial charge in [0.25, 0.3) is 5.92 Å². The number of rotatable bonds is 2. The molecule has 0 fully saturated rings. The number of hydrogen-bond acceptors (Lipinski definition) is 2. The standard InChI is InChI=1S/C10H16F2N2O/c1-9(2,3)14-8(15-5)6-7(13-14)10(4,11)12/h6H,1-5H3. The molecule has 0 aliphatic rings. The zero-order chi connectivity index (χ0) is 11.9. The Morgan fingerprint density at radius 1 is 1.27 bits per heavy atom. The SMILES string of the molecule is COc1cc(C(C)(F)F)nn1C(C)(C)C. The Hall–Kier alpha value is -1.13. The van der Waals surface area contributed by atoms with Gasteiger partial charge in [-0.1, -0.05) is 0 Å². The van der Waals surface area contributed by atoms with Gasteiger partial charge in [-0.25, -0.2) is 4.68 Å². The maximum absolute atomic E-state index is 13.0. The molecule has 0 aromatic carbocycles. The molecule has 1 rings (SSSR count). The molecule has 3 nitrogen and oxygen atoms in total. The Bertz CT molecular complexity index is 347. The van der Waals surface area contributed by atoms with Crippen molar-refractivity contribution in [2.75, 3.05) is 7.11 Å². The normalized spacial score (nSPS) is 13.0.